The summed E-state index contributed by atoms with van der Waals surface area (Å²) >= 11 is 0. The third-order valence-electron chi connectivity index (χ3n) is 4.05. The van der Waals surface area contributed by atoms with E-state index < -0.39 is 5.60 Å². The number of anilines is 1. The second-order valence-electron chi connectivity index (χ2n) is 6.08. The number of nitrogens with one attached hydrogen (secondary N) is 1. The summed E-state index contributed by atoms with van der Waals surface area (Å²) in [5, 5.41) is 13.7. The standard InChI is InChI=1S/C18H21NO/c1-18(2,20)15-9-11-17-14(12-15)8-10-16(19-17)13-6-4-3-5-7-13/h3-7,9,11-12,16,19-20H,8,10H2,1-2H3. The average molecular weight is 267 g/mol. The predicted molar refractivity (Wildman–Crippen MR) is 82.8 cm³/mol. The molecule has 1 heterocycles. The Hall–Kier alpha value is -1.80. The van der Waals surface area contributed by atoms with Crippen molar-refractivity contribution in [1.82, 2.24) is 0 Å². The van der Waals surface area contributed by atoms with Crippen LogP contribution in [0.25, 0.3) is 0 Å². The van der Waals surface area contributed by atoms with Crippen molar-refractivity contribution in [2.75, 3.05) is 5.32 Å². The lowest BCUT2D eigenvalue weighted by Crippen LogP contribution is -2.20. The van der Waals surface area contributed by atoms with E-state index in [1.807, 2.05) is 19.9 Å². The zero-order chi connectivity index (χ0) is 14.2. The molecule has 0 saturated heterocycles. The Bertz CT molecular complexity index is 599. The number of hydrogen-bond acceptors (Lipinski definition) is 2. The maximum atomic E-state index is 10.1. The second-order valence-corrected chi connectivity index (χ2v) is 6.08. The minimum atomic E-state index is -0.773. The number of aliphatic hydroxyl groups is 1. The summed E-state index contributed by atoms with van der Waals surface area (Å²) in [5.74, 6) is 0. The molecule has 0 bridgehead atoms. The molecule has 2 nitrogen and oxygen atoms in total. The SMILES string of the molecule is CC(C)(O)c1ccc2c(c1)CCC(c1ccccc1)N2. The van der Waals surface area contributed by atoms with Crippen LogP contribution in [0.3, 0.4) is 0 Å². The van der Waals surface area contributed by atoms with Gasteiger partial charge in [0.05, 0.1) is 11.6 Å². The van der Waals surface area contributed by atoms with Crippen molar-refractivity contribution in [3.8, 4) is 0 Å². The molecule has 0 aromatic heterocycles. The summed E-state index contributed by atoms with van der Waals surface area (Å²) in [5.41, 5.74) is 4.04. The summed E-state index contributed by atoms with van der Waals surface area (Å²) in [6.07, 6.45) is 2.14. The molecule has 3 rings (SSSR count). The largest absolute Gasteiger partial charge is 0.386 e. The van der Waals surface area contributed by atoms with E-state index in [1.54, 1.807) is 0 Å². The molecule has 2 aromatic rings. The molecule has 0 spiro atoms. The van der Waals surface area contributed by atoms with Crippen LogP contribution in [-0.2, 0) is 12.0 Å². The highest BCUT2D eigenvalue weighted by Gasteiger charge is 2.22. The third kappa shape index (κ3) is 2.56. The molecule has 1 atom stereocenters. The average Bonchev–Trinajstić information content (AvgIpc) is 2.46. The highest BCUT2D eigenvalue weighted by atomic mass is 16.3. The van der Waals surface area contributed by atoms with Crippen LogP contribution in [-0.4, -0.2) is 5.11 Å². The zero-order valence-corrected chi connectivity index (χ0v) is 12.1. The first kappa shape index (κ1) is 13.2. The summed E-state index contributed by atoms with van der Waals surface area (Å²) in [6, 6.07) is 17.2. The predicted octanol–water partition coefficient (Wildman–Crippen LogP) is 4.01. The molecule has 104 valence electrons. The van der Waals surface area contributed by atoms with Crippen LogP contribution < -0.4 is 5.32 Å². The van der Waals surface area contributed by atoms with Crippen molar-refractivity contribution in [3.63, 3.8) is 0 Å². The first-order valence-corrected chi connectivity index (χ1v) is 7.21. The van der Waals surface area contributed by atoms with Crippen molar-refractivity contribution in [1.29, 1.82) is 0 Å². The first-order valence-electron chi connectivity index (χ1n) is 7.21. The van der Waals surface area contributed by atoms with Gasteiger partial charge in [-0.3, -0.25) is 0 Å². The molecule has 1 aliphatic rings. The highest BCUT2D eigenvalue weighted by Crippen LogP contribution is 2.34. The third-order valence-corrected chi connectivity index (χ3v) is 4.05. The summed E-state index contributed by atoms with van der Waals surface area (Å²) in [4.78, 5) is 0. The van der Waals surface area contributed by atoms with E-state index in [9.17, 15) is 5.11 Å². The Morgan fingerprint density at radius 1 is 1.10 bits per heavy atom. The van der Waals surface area contributed by atoms with Gasteiger partial charge >= 0.3 is 0 Å². The molecule has 0 radical (unpaired) electrons. The fourth-order valence-electron chi connectivity index (χ4n) is 2.82. The fraction of sp³-hybridized carbons (Fsp3) is 0.333. The smallest absolute Gasteiger partial charge is 0.0840 e. The van der Waals surface area contributed by atoms with E-state index >= 15 is 0 Å². The highest BCUT2D eigenvalue weighted by molar-refractivity contribution is 5.56. The minimum absolute atomic E-state index is 0.386. The topological polar surface area (TPSA) is 32.3 Å². The van der Waals surface area contributed by atoms with Gasteiger partial charge in [0.2, 0.25) is 0 Å². The van der Waals surface area contributed by atoms with Crippen LogP contribution in [0.5, 0.6) is 0 Å². The normalized spacial score (nSPS) is 18.2. The molecule has 0 fully saturated rings. The van der Waals surface area contributed by atoms with Gasteiger partial charge in [-0.05, 0) is 49.4 Å². The molecule has 1 aliphatic heterocycles. The van der Waals surface area contributed by atoms with E-state index in [1.165, 1.54) is 16.8 Å². The molecule has 0 amide bonds. The quantitative estimate of drug-likeness (QED) is 0.861. The molecule has 0 aliphatic carbocycles. The maximum Gasteiger partial charge on any atom is 0.0840 e. The van der Waals surface area contributed by atoms with Crippen LogP contribution >= 0.6 is 0 Å². The summed E-state index contributed by atoms with van der Waals surface area (Å²) in [7, 11) is 0. The van der Waals surface area contributed by atoms with Crippen molar-refractivity contribution >= 4 is 5.69 Å². The zero-order valence-electron chi connectivity index (χ0n) is 12.1. The Balaban J connectivity index is 1.86. The van der Waals surface area contributed by atoms with Crippen molar-refractivity contribution < 1.29 is 5.11 Å². The lowest BCUT2D eigenvalue weighted by molar-refractivity contribution is 0.0785. The molecule has 2 heteroatoms. The maximum absolute atomic E-state index is 10.1. The van der Waals surface area contributed by atoms with Gasteiger partial charge in [-0.25, -0.2) is 0 Å². The van der Waals surface area contributed by atoms with Gasteiger partial charge < -0.3 is 10.4 Å². The Morgan fingerprint density at radius 3 is 2.55 bits per heavy atom. The lowest BCUT2D eigenvalue weighted by atomic mass is 9.89. The minimum Gasteiger partial charge on any atom is -0.386 e. The molecular formula is C18H21NO. The molecule has 1 unspecified atom stereocenters. The molecule has 2 N–H and O–H groups in total. The van der Waals surface area contributed by atoms with Crippen LogP contribution in [0.1, 0.15) is 43.0 Å². The van der Waals surface area contributed by atoms with Gasteiger partial charge in [-0.1, -0.05) is 42.5 Å². The van der Waals surface area contributed by atoms with Gasteiger partial charge in [0.1, 0.15) is 0 Å². The van der Waals surface area contributed by atoms with Crippen molar-refractivity contribution in [3.05, 3.63) is 65.2 Å². The molecule has 0 saturated carbocycles. The van der Waals surface area contributed by atoms with Gasteiger partial charge in [0.15, 0.2) is 0 Å². The van der Waals surface area contributed by atoms with Crippen LogP contribution in [0.2, 0.25) is 0 Å². The van der Waals surface area contributed by atoms with Gasteiger partial charge in [0.25, 0.3) is 0 Å². The monoisotopic (exact) mass is 267 g/mol. The van der Waals surface area contributed by atoms with Gasteiger partial charge in [-0.15, -0.1) is 0 Å². The molecule has 2 aromatic carbocycles. The van der Waals surface area contributed by atoms with Crippen LogP contribution in [0.15, 0.2) is 48.5 Å². The van der Waals surface area contributed by atoms with E-state index in [2.05, 4.69) is 47.8 Å². The van der Waals surface area contributed by atoms with E-state index in [4.69, 9.17) is 0 Å². The lowest BCUT2D eigenvalue weighted by Gasteiger charge is -2.29. The summed E-state index contributed by atoms with van der Waals surface area (Å²) in [6.45, 7) is 3.66. The Morgan fingerprint density at radius 2 is 1.85 bits per heavy atom. The molecular weight excluding hydrogens is 246 g/mol. The number of fused-ring (bicyclic) bond motifs is 1. The number of rotatable bonds is 2. The number of benzene rings is 2. The van der Waals surface area contributed by atoms with Gasteiger partial charge in [0, 0.05) is 5.69 Å². The summed E-state index contributed by atoms with van der Waals surface area (Å²) < 4.78 is 0. The number of aryl methyl sites for hydroxylation is 1. The van der Waals surface area contributed by atoms with Crippen molar-refractivity contribution in [2.24, 2.45) is 0 Å². The van der Waals surface area contributed by atoms with E-state index in [0.29, 0.717) is 6.04 Å². The first-order chi connectivity index (χ1) is 9.54. The number of hydrogen-bond donors (Lipinski definition) is 2. The second kappa shape index (κ2) is 4.95. The Labute approximate surface area is 120 Å². The van der Waals surface area contributed by atoms with Crippen molar-refractivity contribution in [2.45, 2.75) is 38.3 Å². The van der Waals surface area contributed by atoms with Gasteiger partial charge in [-0.2, -0.15) is 0 Å². The fourth-order valence-corrected chi connectivity index (χ4v) is 2.82. The molecule has 20 heavy (non-hydrogen) atoms. The van der Waals surface area contributed by atoms with E-state index in [0.717, 1.165) is 18.4 Å². The van der Waals surface area contributed by atoms with Crippen LogP contribution in [0.4, 0.5) is 5.69 Å². The van der Waals surface area contributed by atoms with E-state index in [-0.39, 0.29) is 0 Å². The van der Waals surface area contributed by atoms with Crippen LogP contribution in [0, 0.1) is 0 Å². The Kier molecular flexibility index (Phi) is 3.27.